The molecule has 1 amide bonds. The number of aromatic nitrogens is 1. The highest BCUT2D eigenvalue weighted by atomic mass is 32.2. The summed E-state index contributed by atoms with van der Waals surface area (Å²) in [7, 11) is -3.64. The number of sulfonamides is 1. The van der Waals surface area contributed by atoms with E-state index < -0.39 is 21.9 Å². The molecule has 3 aromatic rings. The van der Waals surface area contributed by atoms with Crippen molar-refractivity contribution in [3.63, 3.8) is 0 Å². The largest absolute Gasteiger partial charge is 0.462 e. The maximum Gasteiger partial charge on any atom is 0.338 e. The van der Waals surface area contributed by atoms with Crippen molar-refractivity contribution in [3.8, 4) is 0 Å². The number of amides is 1. The van der Waals surface area contributed by atoms with Crippen LogP contribution < -0.4 is 4.80 Å². The third kappa shape index (κ3) is 6.66. The Morgan fingerprint density at radius 3 is 2.31 bits per heavy atom. The number of ether oxygens (including phenoxy) is 2. The minimum Gasteiger partial charge on any atom is -0.462 e. The molecule has 2 heterocycles. The average molecular weight is 574 g/mol. The number of carbonyl (C=O) groups is 2. The van der Waals surface area contributed by atoms with Gasteiger partial charge in [-0.3, -0.25) is 4.79 Å². The molecule has 0 aliphatic carbocycles. The molecule has 0 radical (unpaired) electrons. The van der Waals surface area contributed by atoms with E-state index in [0.717, 1.165) is 16.6 Å². The first-order valence-electron chi connectivity index (χ1n) is 13.2. The van der Waals surface area contributed by atoms with Crippen molar-refractivity contribution in [2.45, 2.75) is 45.6 Å². The summed E-state index contributed by atoms with van der Waals surface area (Å²) in [5.41, 5.74) is 1.54. The van der Waals surface area contributed by atoms with Crippen LogP contribution in [0.3, 0.4) is 0 Å². The van der Waals surface area contributed by atoms with Gasteiger partial charge in [-0.25, -0.2) is 13.2 Å². The van der Waals surface area contributed by atoms with Gasteiger partial charge in [0.1, 0.15) is 0 Å². The quantitative estimate of drug-likeness (QED) is 0.279. The third-order valence-electron chi connectivity index (χ3n) is 6.63. The summed E-state index contributed by atoms with van der Waals surface area (Å²) < 4.78 is 41.3. The van der Waals surface area contributed by atoms with E-state index in [1.54, 1.807) is 19.1 Å². The second-order valence-corrected chi connectivity index (χ2v) is 12.8. The zero-order chi connectivity index (χ0) is 28.2. The molecule has 0 saturated carbocycles. The Kier molecular flexibility index (Phi) is 9.37. The Balaban J connectivity index is 1.64. The van der Waals surface area contributed by atoms with Gasteiger partial charge in [0.2, 0.25) is 10.0 Å². The average Bonchev–Trinajstić information content (AvgIpc) is 3.24. The van der Waals surface area contributed by atoms with Crippen LogP contribution in [0, 0.1) is 11.8 Å². The Labute approximate surface area is 233 Å². The summed E-state index contributed by atoms with van der Waals surface area (Å²) >= 11 is 1.29. The lowest BCUT2D eigenvalue weighted by atomic mass is 9.94. The Morgan fingerprint density at radius 2 is 1.67 bits per heavy atom. The van der Waals surface area contributed by atoms with Crippen LogP contribution in [0.1, 0.15) is 54.8 Å². The van der Waals surface area contributed by atoms with Crippen LogP contribution in [0.2, 0.25) is 0 Å². The highest BCUT2D eigenvalue weighted by Crippen LogP contribution is 2.27. The van der Waals surface area contributed by atoms with Crippen molar-refractivity contribution in [2.75, 3.05) is 32.9 Å². The molecule has 1 aromatic heterocycles. The normalized spacial score (nSPS) is 18.9. The molecule has 4 rings (SSSR count). The van der Waals surface area contributed by atoms with Gasteiger partial charge in [-0.15, -0.1) is 0 Å². The van der Waals surface area contributed by atoms with Crippen LogP contribution >= 0.6 is 11.3 Å². The number of thiazole rings is 1. The van der Waals surface area contributed by atoms with Crippen LogP contribution in [0.25, 0.3) is 10.2 Å². The maximum atomic E-state index is 13.2. The number of hydrogen-bond donors (Lipinski definition) is 0. The highest BCUT2D eigenvalue weighted by molar-refractivity contribution is 7.89. The molecule has 39 heavy (non-hydrogen) atoms. The molecular weight excluding hydrogens is 538 g/mol. The van der Waals surface area contributed by atoms with Gasteiger partial charge >= 0.3 is 5.97 Å². The van der Waals surface area contributed by atoms with Crippen molar-refractivity contribution in [1.29, 1.82) is 0 Å². The summed E-state index contributed by atoms with van der Waals surface area (Å²) in [5.74, 6) is -0.298. The molecule has 1 aliphatic heterocycles. The lowest BCUT2D eigenvalue weighted by molar-refractivity contribution is 0.0526. The molecule has 1 aliphatic rings. The van der Waals surface area contributed by atoms with E-state index in [1.807, 2.05) is 17.6 Å². The van der Waals surface area contributed by atoms with Crippen LogP contribution in [0.15, 0.2) is 52.4 Å². The molecule has 1 saturated heterocycles. The summed E-state index contributed by atoms with van der Waals surface area (Å²) in [6.07, 6.45) is 1.01. The number of carbonyl (C=O) groups excluding carboxylic acids is 2. The molecular formula is C28H35N3O6S2. The lowest BCUT2D eigenvalue weighted by Crippen LogP contribution is -2.42. The van der Waals surface area contributed by atoms with E-state index >= 15 is 0 Å². The van der Waals surface area contributed by atoms with E-state index in [1.165, 1.54) is 39.9 Å². The maximum absolute atomic E-state index is 13.2. The van der Waals surface area contributed by atoms with Crippen molar-refractivity contribution in [2.24, 2.45) is 16.8 Å². The first kappa shape index (κ1) is 29.1. The van der Waals surface area contributed by atoms with Gasteiger partial charge in [0.25, 0.3) is 5.91 Å². The van der Waals surface area contributed by atoms with Crippen LogP contribution in [0.4, 0.5) is 0 Å². The second kappa shape index (κ2) is 12.5. The summed E-state index contributed by atoms with van der Waals surface area (Å²) in [5, 5.41) is 0. The summed E-state index contributed by atoms with van der Waals surface area (Å²) in [6, 6.07) is 11.2. The number of piperidine rings is 1. The zero-order valence-corrected chi connectivity index (χ0v) is 24.4. The van der Waals surface area contributed by atoms with E-state index in [-0.39, 0.29) is 17.1 Å². The van der Waals surface area contributed by atoms with Gasteiger partial charge in [0.05, 0.1) is 33.9 Å². The number of fused-ring (bicyclic) bond motifs is 1. The smallest absolute Gasteiger partial charge is 0.338 e. The standard InChI is InChI=1S/C28H35N3O6S2/c1-5-36-14-13-31-24-12-9-22(27(33)37-6-2)16-25(24)38-28(31)29-26(32)21-7-10-23(11-8-21)39(34,35)30-17-19(3)15-20(4)18-30/h7-12,16,19-20H,5-6,13-15,17-18H2,1-4H3. The van der Waals surface area contributed by atoms with Crippen molar-refractivity contribution >= 4 is 43.5 Å². The molecule has 0 bridgehead atoms. The number of esters is 1. The van der Waals surface area contributed by atoms with E-state index in [2.05, 4.69) is 18.8 Å². The molecule has 1 fully saturated rings. The van der Waals surface area contributed by atoms with Crippen LogP contribution in [-0.2, 0) is 26.0 Å². The molecule has 0 spiro atoms. The fraction of sp³-hybridized carbons (Fsp3) is 0.464. The SMILES string of the molecule is CCOCCn1c(=NC(=O)c2ccc(S(=O)(=O)N3CC(C)CC(C)C3)cc2)sc2cc(C(=O)OCC)ccc21. The van der Waals surface area contributed by atoms with Gasteiger partial charge in [-0.1, -0.05) is 25.2 Å². The second-order valence-electron chi connectivity index (χ2n) is 9.85. The monoisotopic (exact) mass is 573 g/mol. The zero-order valence-electron chi connectivity index (χ0n) is 22.8. The van der Waals surface area contributed by atoms with Crippen molar-refractivity contribution < 1.29 is 27.5 Å². The number of nitrogens with zero attached hydrogens (tertiary/aromatic N) is 3. The Hall–Kier alpha value is -2.86. The number of benzene rings is 2. The van der Waals surface area contributed by atoms with Gasteiger partial charge < -0.3 is 14.0 Å². The van der Waals surface area contributed by atoms with Gasteiger partial charge in [0.15, 0.2) is 4.80 Å². The molecule has 11 heteroatoms. The van der Waals surface area contributed by atoms with Gasteiger partial charge in [0, 0.05) is 31.8 Å². The fourth-order valence-electron chi connectivity index (χ4n) is 4.89. The minimum absolute atomic E-state index is 0.167. The molecule has 2 unspecified atom stereocenters. The molecule has 2 aromatic carbocycles. The number of hydrogen-bond acceptors (Lipinski definition) is 7. The topological polar surface area (TPSA) is 107 Å². The molecule has 9 nitrogen and oxygen atoms in total. The third-order valence-corrected chi connectivity index (χ3v) is 9.52. The lowest BCUT2D eigenvalue weighted by Gasteiger charge is -2.34. The molecule has 2 atom stereocenters. The van der Waals surface area contributed by atoms with E-state index in [4.69, 9.17) is 9.47 Å². The van der Waals surface area contributed by atoms with Crippen molar-refractivity contribution in [3.05, 3.63) is 58.4 Å². The number of rotatable bonds is 9. The first-order valence-corrected chi connectivity index (χ1v) is 15.5. The van der Waals surface area contributed by atoms with E-state index in [0.29, 0.717) is 55.0 Å². The Bertz CT molecular complexity index is 1500. The fourth-order valence-corrected chi connectivity index (χ4v) is 7.66. The first-order chi connectivity index (χ1) is 18.6. The van der Waals surface area contributed by atoms with Gasteiger partial charge in [-0.2, -0.15) is 9.30 Å². The predicted molar refractivity (Wildman–Crippen MR) is 150 cm³/mol. The van der Waals surface area contributed by atoms with Gasteiger partial charge in [-0.05, 0) is 74.6 Å². The Morgan fingerprint density at radius 1 is 1.00 bits per heavy atom. The minimum atomic E-state index is -3.64. The van der Waals surface area contributed by atoms with Crippen LogP contribution in [-0.4, -0.2) is 62.1 Å². The molecule has 0 N–H and O–H groups in total. The van der Waals surface area contributed by atoms with Crippen LogP contribution in [0.5, 0.6) is 0 Å². The summed E-state index contributed by atoms with van der Waals surface area (Å²) in [4.78, 5) is 30.4. The van der Waals surface area contributed by atoms with Crippen molar-refractivity contribution in [1.82, 2.24) is 8.87 Å². The predicted octanol–water partition coefficient (Wildman–Crippen LogP) is 4.32. The van der Waals surface area contributed by atoms with E-state index in [9.17, 15) is 18.0 Å². The highest BCUT2D eigenvalue weighted by Gasteiger charge is 2.31. The molecule has 210 valence electrons. The summed E-state index contributed by atoms with van der Waals surface area (Å²) in [6.45, 7) is 10.5.